The van der Waals surface area contributed by atoms with Gasteiger partial charge >= 0.3 is 0 Å². The van der Waals surface area contributed by atoms with E-state index in [0.29, 0.717) is 34.6 Å². The number of nitrogens with zero attached hydrogens (tertiary/aromatic N) is 5. The minimum atomic E-state index is -0.485. The van der Waals surface area contributed by atoms with Gasteiger partial charge in [-0.05, 0) is 54.2 Å². The van der Waals surface area contributed by atoms with E-state index in [9.17, 15) is 14.4 Å². The normalized spacial score (nSPS) is 14.0. The van der Waals surface area contributed by atoms with E-state index in [1.54, 1.807) is 30.1 Å². The van der Waals surface area contributed by atoms with Crippen molar-refractivity contribution >= 4 is 34.3 Å². The van der Waals surface area contributed by atoms with Crippen molar-refractivity contribution in [3.63, 3.8) is 0 Å². The standard InChI is InChI=1S/C26H26ClN5O4/c1-30(13-17-2-3-20(12-28)22(27)10-17)24(34)14-32-16-29-23-5-4-19(11-21(23)26(32)36)18-6-8-31(9-7-18)25(35)15-33/h2-5,10-11,16,18,33H,6-9,13-15H2,1H3. The first kappa shape index (κ1) is 25.4. The molecule has 1 saturated heterocycles. The Morgan fingerprint density at radius 2 is 1.97 bits per heavy atom. The zero-order valence-corrected chi connectivity index (χ0v) is 20.6. The van der Waals surface area contributed by atoms with Crippen LogP contribution in [0, 0.1) is 11.3 Å². The largest absolute Gasteiger partial charge is 0.387 e. The molecule has 0 radical (unpaired) electrons. The molecule has 36 heavy (non-hydrogen) atoms. The van der Waals surface area contributed by atoms with Gasteiger partial charge in [0.15, 0.2) is 0 Å². The highest BCUT2D eigenvalue weighted by Gasteiger charge is 2.24. The lowest BCUT2D eigenvalue weighted by atomic mass is 9.89. The molecule has 2 heterocycles. The third kappa shape index (κ3) is 5.40. The van der Waals surface area contributed by atoms with Crippen molar-refractivity contribution in [3.05, 3.63) is 74.8 Å². The molecule has 186 valence electrons. The molecule has 0 atom stereocenters. The van der Waals surface area contributed by atoms with Gasteiger partial charge < -0.3 is 14.9 Å². The van der Waals surface area contributed by atoms with Gasteiger partial charge in [-0.2, -0.15) is 5.26 Å². The number of hydrogen-bond donors (Lipinski definition) is 1. The van der Waals surface area contributed by atoms with E-state index in [-0.39, 0.29) is 36.4 Å². The van der Waals surface area contributed by atoms with Crippen LogP contribution in [0.3, 0.4) is 0 Å². The second-order valence-corrected chi connectivity index (χ2v) is 9.35. The zero-order chi connectivity index (χ0) is 25.8. The van der Waals surface area contributed by atoms with E-state index in [1.807, 2.05) is 24.3 Å². The minimum Gasteiger partial charge on any atom is -0.387 e. The minimum absolute atomic E-state index is 0.159. The average Bonchev–Trinajstić information content (AvgIpc) is 2.89. The summed E-state index contributed by atoms with van der Waals surface area (Å²) in [6.45, 7) is 0.756. The van der Waals surface area contributed by atoms with Crippen molar-refractivity contribution in [2.45, 2.75) is 31.8 Å². The van der Waals surface area contributed by atoms with Crippen LogP contribution in [0.25, 0.3) is 10.9 Å². The van der Waals surface area contributed by atoms with Gasteiger partial charge in [-0.15, -0.1) is 0 Å². The molecule has 0 aliphatic carbocycles. The lowest BCUT2D eigenvalue weighted by Gasteiger charge is -2.32. The number of piperidine rings is 1. The second kappa shape index (κ2) is 10.9. The predicted octanol–water partition coefficient (Wildman–Crippen LogP) is 2.28. The number of aliphatic hydroxyl groups excluding tert-OH is 1. The predicted molar refractivity (Wildman–Crippen MR) is 134 cm³/mol. The van der Waals surface area contributed by atoms with Crippen molar-refractivity contribution < 1.29 is 14.7 Å². The molecule has 2 amide bonds. The van der Waals surface area contributed by atoms with Crippen molar-refractivity contribution in [1.82, 2.24) is 19.4 Å². The van der Waals surface area contributed by atoms with E-state index in [2.05, 4.69) is 4.98 Å². The van der Waals surface area contributed by atoms with Gasteiger partial charge in [-0.25, -0.2) is 4.98 Å². The van der Waals surface area contributed by atoms with Crippen LogP contribution in [-0.2, 0) is 22.7 Å². The molecule has 0 unspecified atom stereocenters. The van der Waals surface area contributed by atoms with Crippen LogP contribution in [0.2, 0.25) is 5.02 Å². The number of aromatic nitrogens is 2. The second-order valence-electron chi connectivity index (χ2n) is 8.94. The van der Waals surface area contributed by atoms with Gasteiger partial charge in [-0.1, -0.05) is 23.7 Å². The first-order chi connectivity index (χ1) is 17.3. The van der Waals surface area contributed by atoms with Crippen LogP contribution in [0.15, 0.2) is 47.5 Å². The maximum absolute atomic E-state index is 13.2. The van der Waals surface area contributed by atoms with Crippen molar-refractivity contribution in [1.29, 1.82) is 5.26 Å². The Kier molecular flexibility index (Phi) is 7.67. The number of amides is 2. The summed E-state index contributed by atoms with van der Waals surface area (Å²) in [4.78, 5) is 45.3. The summed E-state index contributed by atoms with van der Waals surface area (Å²) in [5, 5.41) is 18.9. The topological polar surface area (TPSA) is 120 Å². The Morgan fingerprint density at radius 1 is 1.22 bits per heavy atom. The number of carbonyl (C=O) groups excluding carboxylic acids is 2. The van der Waals surface area contributed by atoms with E-state index in [4.69, 9.17) is 22.0 Å². The lowest BCUT2D eigenvalue weighted by Crippen LogP contribution is -2.39. The average molecular weight is 508 g/mol. The maximum Gasteiger partial charge on any atom is 0.261 e. The number of rotatable bonds is 6. The molecule has 0 bridgehead atoms. The highest BCUT2D eigenvalue weighted by molar-refractivity contribution is 6.31. The van der Waals surface area contributed by atoms with E-state index in [0.717, 1.165) is 24.0 Å². The lowest BCUT2D eigenvalue weighted by molar-refractivity contribution is -0.135. The van der Waals surface area contributed by atoms with Crippen LogP contribution in [0.4, 0.5) is 0 Å². The number of nitriles is 1. The van der Waals surface area contributed by atoms with Gasteiger partial charge in [0.25, 0.3) is 5.56 Å². The smallest absolute Gasteiger partial charge is 0.261 e. The van der Waals surface area contributed by atoms with Crippen LogP contribution in [-0.4, -0.2) is 63.0 Å². The Balaban J connectivity index is 1.48. The van der Waals surface area contributed by atoms with Gasteiger partial charge in [0.2, 0.25) is 11.8 Å². The molecule has 0 spiro atoms. The first-order valence-corrected chi connectivity index (χ1v) is 12.0. The molecular weight excluding hydrogens is 482 g/mol. The fourth-order valence-corrected chi connectivity index (χ4v) is 4.73. The molecule has 1 aromatic heterocycles. The zero-order valence-electron chi connectivity index (χ0n) is 19.9. The maximum atomic E-state index is 13.2. The quantitative estimate of drug-likeness (QED) is 0.546. The van der Waals surface area contributed by atoms with Crippen LogP contribution >= 0.6 is 11.6 Å². The molecule has 10 heteroatoms. The summed E-state index contributed by atoms with van der Waals surface area (Å²) < 4.78 is 1.30. The molecular formula is C26H26ClN5O4. The third-order valence-corrected chi connectivity index (χ3v) is 6.92. The Hall–Kier alpha value is -3.74. The van der Waals surface area contributed by atoms with E-state index >= 15 is 0 Å². The SMILES string of the molecule is CN(Cc1ccc(C#N)c(Cl)c1)C(=O)Cn1cnc2ccc(C3CCN(C(=O)CO)CC3)cc2c1=O. The van der Waals surface area contributed by atoms with Crippen LogP contribution in [0.5, 0.6) is 0 Å². The van der Waals surface area contributed by atoms with E-state index < -0.39 is 6.61 Å². The number of hydrogen-bond acceptors (Lipinski definition) is 6. The van der Waals surface area contributed by atoms with Gasteiger partial charge in [-0.3, -0.25) is 19.0 Å². The molecule has 2 aromatic carbocycles. The Labute approximate surface area is 213 Å². The highest BCUT2D eigenvalue weighted by atomic mass is 35.5. The van der Waals surface area contributed by atoms with E-state index in [1.165, 1.54) is 15.8 Å². The molecule has 1 N–H and O–H groups in total. The fourth-order valence-electron chi connectivity index (χ4n) is 4.48. The number of carbonyl (C=O) groups is 2. The summed E-state index contributed by atoms with van der Waals surface area (Å²) in [7, 11) is 1.64. The van der Waals surface area contributed by atoms with Gasteiger partial charge in [0.1, 0.15) is 19.2 Å². The third-order valence-electron chi connectivity index (χ3n) is 6.61. The van der Waals surface area contributed by atoms with Gasteiger partial charge in [0, 0.05) is 26.7 Å². The monoisotopic (exact) mass is 507 g/mol. The summed E-state index contributed by atoms with van der Waals surface area (Å²) in [6.07, 6.45) is 2.87. The number of fused-ring (bicyclic) bond motifs is 1. The Bertz CT molecular complexity index is 1410. The van der Waals surface area contributed by atoms with Crippen molar-refractivity contribution in [2.75, 3.05) is 26.7 Å². The molecule has 3 aromatic rings. The molecule has 9 nitrogen and oxygen atoms in total. The summed E-state index contributed by atoms with van der Waals surface area (Å²) in [5.74, 6) is -0.344. The highest BCUT2D eigenvalue weighted by Crippen LogP contribution is 2.29. The van der Waals surface area contributed by atoms with Crippen molar-refractivity contribution in [2.24, 2.45) is 0 Å². The van der Waals surface area contributed by atoms with Gasteiger partial charge in [0.05, 0.1) is 27.8 Å². The van der Waals surface area contributed by atoms with Crippen LogP contribution < -0.4 is 5.56 Å². The fraction of sp³-hybridized carbons (Fsp3) is 0.346. The first-order valence-electron chi connectivity index (χ1n) is 11.6. The number of halogens is 1. The summed E-state index contributed by atoms with van der Waals surface area (Å²) in [6, 6.07) is 12.6. The Morgan fingerprint density at radius 3 is 2.64 bits per heavy atom. The van der Waals surface area contributed by atoms with Crippen LogP contribution in [0.1, 0.15) is 35.4 Å². The number of aliphatic hydroxyl groups is 1. The van der Waals surface area contributed by atoms with Crippen molar-refractivity contribution in [3.8, 4) is 6.07 Å². The number of likely N-dealkylation sites (tertiary alicyclic amines) is 1. The molecule has 1 aliphatic heterocycles. The molecule has 1 fully saturated rings. The summed E-state index contributed by atoms with van der Waals surface area (Å²) >= 11 is 6.09. The molecule has 1 aliphatic rings. The molecule has 4 rings (SSSR count). The molecule has 0 saturated carbocycles. The number of likely N-dealkylation sites (N-methyl/N-ethyl adjacent to an activating group) is 1. The summed E-state index contributed by atoms with van der Waals surface area (Å²) in [5.41, 5.74) is 2.40. The number of benzene rings is 2.